The van der Waals surface area contributed by atoms with Crippen LogP contribution < -0.4 is 5.32 Å². The molecule has 1 heterocycles. The summed E-state index contributed by atoms with van der Waals surface area (Å²) in [4.78, 5) is 11.9. The van der Waals surface area contributed by atoms with Gasteiger partial charge in [-0.15, -0.1) is 0 Å². The molecule has 90 valence electrons. The van der Waals surface area contributed by atoms with Crippen LogP contribution in [0, 0.1) is 19.3 Å². The lowest BCUT2D eigenvalue weighted by Gasteiger charge is -2.22. The van der Waals surface area contributed by atoms with E-state index in [-0.39, 0.29) is 17.4 Å². The van der Waals surface area contributed by atoms with Gasteiger partial charge in [0.2, 0.25) is 5.91 Å². The van der Waals surface area contributed by atoms with E-state index in [0.717, 1.165) is 17.0 Å². The Morgan fingerprint density at radius 2 is 1.94 bits per heavy atom. The molecule has 0 aliphatic carbocycles. The lowest BCUT2D eigenvalue weighted by molar-refractivity contribution is -0.129. The second kappa shape index (κ2) is 4.28. The highest BCUT2D eigenvalue weighted by Gasteiger charge is 2.24. The van der Waals surface area contributed by atoms with Crippen LogP contribution in [-0.2, 0) is 4.79 Å². The van der Waals surface area contributed by atoms with Gasteiger partial charge in [-0.05, 0) is 20.8 Å². The number of hydrogen-bond donors (Lipinski definition) is 2. The molecule has 0 aliphatic heterocycles. The molecule has 0 aliphatic rings. The fourth-order valence-corrected chi connectivity index (χ4v) is 1.68. The van der Waals surface area contributed by atoms with E-state index in [1.54, 1.807) is 0 Å². The fourth-order valence-electron chi connectivity index (χ4n) is 1.68. The molecule has 0 bridgehead atoms. The van der Waals surface area contributed by atoms with Gasteiger partial charge >= 0.3 is 0 Å². The Hall–Kier alpha value is -1.32. The molecule has 1 rings (SSSR count). The zero-order chi connectivity index (χ0) is 12.5. The van der Waals surface area contributed by atoms with E-state index in [0.29, 0.717) is 0 Å². The average molecular weight is 223 g/mol. The molecule has 1 aromatic rings. The van der Waals surface area contributed by atoms with Crippen LogP contribution >= 0.6 is 0 Å². The number of aromatic nitrogens is 2. The first-order chi connectivity index (χ1) is 7.23. The third kappa shape index (κ3) is 2.62. The largest absolute Gasteiger partial charge is 0.349 e. The number of hydrogen-bond acceptors (Lipinski definition) is 2. The van der Waals surface area contributed by atoms with Gasteiger partial charge in [-0.1, -0.05) is 20.8 Å². The van der Waals surface area contributed by atoms with Crippen LogP contribution in [0.25, 0.3) is 0 Å². The molecule has 4 nitrogen and oxygen atoms in total. The van der Waals surface area contributed by atoms with Gasteiger partial charge in [0.15, 0.2) is 0 Å². The Morgan fingerprint density at radius 1 is 1.38 bits per heavy atom. The molecule has 1 unspecified atom stereocenters. The molecule has 2 N–H and O–H groups in total. The van der Waals surface area contributed by atoms with Crippen LogP contribution in [0.2, 0.25) is 0 Å². The van der Waals surface area contributed by atoms with Crippen molar-refractivity contribution < 1.29 is 4.79 Å². The summed E-state index contributed by atoms with van der Waals surface area (Å²) in [7, 11) is 0. The maximum Gasteiger partial charge on any atom is 0.225 e. The van der Waals surface area contributed by atoms with E-state index in [2.05, 4.69) is 15.5 Å². The Balaban J connectivity index is 2.81. The molecular formula is C12H21N3O. The number of nitrogens with zero attached hydrogens (tertiary/aromatic N) is 1. The van der Waals surface area contributed by atoms with Gasteiger partial charge in [0.05, 0.1) is 11.7 Å². The Labute approximate surface area is 96.8 Å². The van der Waals surface area contributed by atoms with Crippen molar-refractivity contribution in [1.82, 2.24) is 15.5 Å². The summed E-state index contributed by atoms with van der Waals surface area (Å²) in [5.74, 6) is 0.0556. The first-order valence-electron chi connectivity index (χ1n) is 5.56. The fraction of sp³-hybridized carbons (Fsp3) is 0.667. The molecule has 0 aromatic carbocycles. The molecule has 0 fully saturated rings. The van der Waals surface area contributed by atoms with Crippen LogP contribution in [0.3, 0.4) is 0 Å². The van der Waals surface area contributed by atoms with Gasteiger partial charge < -0.3 is 5.32 Å². The zero-order valence-electron chi connectivity index (χ0n) is 10.9. The number of nitrogens with one attached hydrogen (secondary N) is 2. The smallest absolute Gasteiger partial charge is 0.225 e. The van der Waals surface area contributed by atoms with Crippen molar-refractivity contribution in [3.63, 3.8) is 0 Å². The Bertz CT molecular complexity index is 368. The van der Waals surface area contributed by atoms with Gasteiger partial charge in [-0.3, -0.25) is 9.89 Å². The van der Waals surface area contributed by atoms with Gasteiger partial charge in [-0.2, -0.15) is 5.10 Å². The summed E-state index contributed by atoms with van der Waals surface area (Å²) in [5.41, 5.74) is 2.68. The van der Waals surface area contributed by atoms with Gasteiger partial charge in [0.25, 0.3) is 0 Å². The Morgan fingerprint density at radius 3 is 2.31 bits per heavy atom. The first-order valence-corrected chi connectivity index (χ1v) is 5.56. The topological polar surface area (TPSA) is 57.8 Å². The van der Waals surface area contributed by atoms with Crippen molar-refractivity contribution in [2.24, 2.45) is 5.41 Å². The summed E-state index contributed by atoms with van der Waals surface area (Å²) < 4.78 is 0. The summed E-state index contributed by atoms with van der Waals surface area (Å²) in [6, 6.07) is -0.00882. The third-order valence-corrected chi connectivity index (χ3v) is 2.65. The highest BCUT2D eigenvalue weighted by molar-refractivity contribution is 5.81. The van der Waals surface area contributed by atoms with Gasteiger partial charge in [0.1, 0.15) is 0 Å². The van der Waals surface area contributed by atoms with Crippen molar-refractivity contribution in [3.8, 4) is 0 Å². The Kier molecular flexibility index (Phi) is 3.41. The van der Waals surface area contributed by atoms with Crippen LogP contribution in [0.1, 0.15) is 50.7 Å². The molecule has 4 heteroatoms. The molecule has 1 amide bonds. The normalized spacial score (nSPS) is 13.6. The molecule has 1 aromatic heterocycles. The van der Waals surface area contributed by atoms with Crippen LogP contribution in [0.15, 0.2) is 0 Å². The number of H-pyrrole nitrogens is 1. The zero-order valence-corrected chi connectivity index (χ0v) is 10.9. The standard InChI is InChI=1S/C12H21N3O/c1-7(13-11(16)12(4,5)6)10-8(2)14-15-9(10)3/h7H,1-6H3,(H,13,16)(H,14,15). The first kappa shape index (κ1) is 12.7. The number of carbonyl (C=O) groups excluding carboxylic acids is 1. The van der Waals surface area contributed by atoms with Crippen molar-refractivity contribution >= 4 is 5.91 Å². The molecule has 16 heavy (non-hydrogen) atoms. The highest BCUT2D eigenvalue weighted by atomic mass is 16.2. The SMILES string of the molecule is Cc1n[nH]c(C)c1C(C)NC(=O)C(C)(C)C. The van der Waals surface area contributed by atoms with E-state index in [4.69, 9.17) is 0 Å². The van der Waals surface area contributed by atoms with Crippen LogP contribution in [-0.4, -0.2) is 16.1 Å². The van der Waals surface area contributed by atoms with Crippen molar-refractivity contribution in [2.75, 3.05) is 0 Å². The van der Waals surface area contributed by atoms with E-state index in [9.17, 15) is 4.79 Å². The maximum absolute atomic E-state index is 11.9. The number of rotatable bonds is 2. The third-order valence-electron chi connectivity index (χ3n) is 2.65. The monoisotopic (exact) mass is 223 g/mol. The van der Waals surface area contributed by atoms with E-state index >= 15 is 0 Å². The number of amides is 1. The van der Waals surface area contributed by atoms with Gasteiger partial charge in [0, 0.05) is 16.7 Å². The predicted molar refractivity (Wildman–Crippen MR) is 64.1 cm³/mol. The number of aromatic amines is 1. The van der Waals surface area contributed by atoms with Crippen molar-refractivity contribution in [1.29, 1.82) is 0 Å². The lowest BCUT2D eigenvalue weighted by Crippen LogP contribution is -2.36. The summed E-state index contributed by atoms with van der Waals surface area (Å²) in [6.45, 7) is 11.6. The summed E-state index contributed by atoms with van der Waals surface area (Å²) in [6.07, 6.45) is 0. The molecule has 0 saturated heterocycles. The second-order valence-corrected chi connectivity index (χ2v) is 5.29. The summed E-state index contributed by atoms with van der Waals surface area (Å²) in [5, 5.41) is 10.1. The minimum atomic E-state index is -0.361. The highest BCUT2D eigenvalue weighted by Crippen LogP contribution is 2.21. The van der Waals surface area contributed by atoms with Gasteiger partial charge in [-0.25, -0.2) is 0 Å². The maximum atomic E-state index is 11.9. The molecule has 0 spiro atoms. The number of aryl methyl sites for hydroxylation is 2. The predicted octanol–water partition coefficient (Wildman–Crippen LogP) is 2.25. The quantitative estimate of drug-likeness (QED) is 0.808. The minimum absolute atomic E-state index is 0.00882. The van der Waals surface area contributed by atoms with Crippen LogP contribution in [0.4, 0.5) is 0 Å². The van der Waals surface area contributed by atoms with Crippen LogP contribution in [0.5, 0.6) is 0 Å². The van der Waals surface area contributed by atoms with E-state index in [1.165, 1.54) is 0 Å². The van der Waals surface area contributed by atoms with E-state index < -0.39 is 0 Å². The van der Waals surface area contributed by atoms with Crippen molar-refractivity contribution in [3.05, 3.63) is 17.0 Å². The average Bonchev–Trinajstić information content (AvgIpc) is 2.44. The summed E-state index contributed by atoms with van der Waals surface area (Å²) >= 11 is 0. The molecule has 0 radical (unpaired) electrons. The second-order valence-electron chi connectivity index (χ2n) is 5.29. The molecule has 0 saturated carbocycles. The number of carbonyl (C=O) groups is 1. The molecule has 1 atom stereocenters. The van der Waals surface area contributed by atoms with Crippen molar-refractivity contribution in [2.45, 2.75) is 47.6 Å². The minimum Gasteiger partial charge on any atom is -0.349 e. The molecular weight excluding hydrogens is 202 g/mol. The van der Waals surface area contributed by atoms with E-state index in [1.807, 2.05) is 41.5 Å². The lowest BCUT2D eigenvalue weighted by atomic mass is 9.94.